The highest BCUT2D eigenvalue weighted by atomic mass is 15.0. The zero-order valence-corrected chi connectivity index (χ0v) is 12.3. The van der Waals surface area contributed by atoms with Gasteiger partial charge in [-0.3, -0.25) is 0 Å². The van der Waals surface area contributed by atoms with Crippen molar-refractivity contribution in [2.45, 2.75) is 18.8 Å². The van der Waals surface area contributed by atoms with E-state index in [1.165, 1.54) is 35.3 Å². The third-order valence-corrected chi connectivity index (χ3v) is 4.04. The Bertz CT molecular complexity index is 544. The van der Waals surface area contributed by atoms with E-state index >= 15 is 0 Å². The number of rotatable bonds is 4. The van der Waals surface area contributed by atoms with Crippen LogP contribution in [0.4, 0.5) is 11.4 Å². The van der Waals surface area contributed by atoms with Gasteiger partial charge in [0.2, 0.25) is 0 Å². The van der Waals surface area contributed by atoms with Crippen molar-refractivity contribution in [2.24, 2.45) is 0 Å². The maximum atomic E-state index is 3.56. The first-order valence-corrected chi connectivity index (χ1v) is 7.35. The van der Waals surface area contributed by atoms with E-state index in [2.05, 4.69) is 72.8 Å². The highest BCUT2D eigenvalue weighted by Gasteiger charge is 2.24. The fraction of sp³-hybridized carbons (Fsp3) is 0.333. The van der Waals surface area contributed by atoms with E-state index in [0.717, 1.165) is 6.54 Å². The van der Waals surface area contributed by atoms with Crippen LogP contribution in [0.5, 0.6) is 0 Å². The number of nitrogens with one attached hydrogen (secondary N) is 1. The van der Waals surface area contributed by atoms with Gasteiger partial charge in [-0.15, -0.1) is 0 Å². The maximum Gasteiger partial charge on any atom is 0.0423 e. The zero-order chi connectivity index (χ0) is 13.9. The average Bonchev–Trinajstić information content (AvgIpc) is 2.46. The highest BCUT2D eigenvalue weighted by Crippen LogP contribution is 2.43. The number of hydrogen-bond donors (Lipinski definition) is 1. The van der Waals surface area contributed by atoms with Crippen molar-refractivity contribution in [3.05, 3.63) is 59.7 Å². The molecule has 0 spiro atoms. The molecule has 1 aliphatic heterocycles. The summed E-state index contributed by atoms with van der Waals surface area (Å²) in [6, 6.07) is 17.4. The van der Waals surface area contributed by atoms with Gasteiger partial charge in [0, 0.05) is 17.3 Å². The topological polar surface area (TPSA) is 15.3 Å². The molecule has 20 heavy (non-hydrogen) atoms. The third-order valence-electron chi connectivity index (χ3n) is 4.04. The summed E-state index contributed by atoms with van der Waals surface area (Å²) in [5, 5.41) is 3.56. The van der Waals surface area contributed by atoms with Crippen LogP contribution in [0, 0.1) is 0 Å². The fourth-order valence-electron chi connectivity index (χ4n) is 3.06. The molecule has 0 aromatic heterocycles. The molecule has 0 unspecified atom stereocenters. The Kier molecular flexibility index (Phi) is 3.75. The Labute approximate surface area is 121 Å². The Morgan fingerprint density at radius 2 is 1.45 bits per heavy atom. The summed E-state index contributed by atoms with van der Waals surface area (Å²) in [6.07, 6.45) is 2.42. The van der Waals surface area contributed by atoms with Crippen molar-refractivity contribution in [2.75, 3.05) is 26.0 Å². The highest BCUT2D eigenvalue weighted by molar-refractivity contribution is 5.73. The second-order valence-corrected chi connectivity index (χ2v) is 5.80. The second-order valence-electron chi connectivity index (χ2n) is 5.80. The summed E-state index contributed by atoms with van der Waals surface area (Å²) < 4.78 is 0. The predicted octanol–water partition coefficient (Wildman–Crippen LogP) is 4.22. The van der Waals surface area contributed by atoms with E-state index in [-0.39, 0.29) is 0 Å². The predicted molar refractivity (Wildman–Crippen MR) is 85.8 cm³/mol. The lowest BCUT2D eigenvalue weighted by molar-refractivity contribution is 0.389. The number of fused-ring (bicyclic) bond motifs is 2. The lowest BCUT2D eigenvalue weighted by Crippen LogP contribution is -2.16. The molecule has 0 aliphatic carbocycles. The van der Waals surface area contributed by atoms with Gasteiger partial charge in [-0.05, 0) is 56.7 Å². The van der Waals surface area contributed by atoms with Crippen LogP contribution < -0.4 is 5.32 Å². The van der Waals surface area contributed by atoms with Gasteiger partial charge < -0.3 is 10.2 Å². The summed E-state index contributed by atoms with van der Waals surface area (Å²) >= 11 is 0. The molecule has 1 aliphatic rings. The van der Waals surface area contributed by atoms with E-state index in [1.807, 2.05) is 0 Å². The summed E-state index contributed by atoms with van der Waals surface area (Å²) in [7, 11) is 4.29. The lowest BCUT2D eigenvalue weighted by atomic mass is 9.83. The number of para-hydroxylation sites is 2. The monoisotopic (exact) mass is 266 g/mol. The van der Waals surface area contributed by atoms with Crippen molar-refractivity contribution in [1.82, 2.24) is 4.90 Å². The van der Waals surface area contributed by atoms with Gasteiger partial charge in [0.15, 0.2) is 0 Å². The van der Waals surface area contributed by atoms with Crippen LogP contribution in [-0.2, 0) is 0 Å². The SMILES string of the molecule is CN(C)CCCC1c2ccccc2Nc2ccccc21. The molecule has 1 heterocycles. The largest absolute Gasteiger partial charge is 0.355 e. The van der Waals surface area contributed by atoms with Gasteiger partial charge >= 0.3 is 0 Å². The van der Waals surface area contributed by atoms with Crippen LogP contribution in [0.25, 0.3) is 0 Å². The molecule has 0 atom stereocenters. The molecule has 2 aromatic rings. The first kappa shape index (κ1) is 13.2. The normalized spacial score (nSPS) is 13.8. The van der Waals surface area contributed by atoms with Crippen molar-refractivity contribution < 1.29 is 0 Å². The van der Waals surface area contributed by atoms with E-state index in [1.54, 1.807) is 0 Å². The van der Waals surface area contributed by atoms with Crippen molar-refractivity contribution in [3.63, 3.8) is 0 Å². The Morgan fingerprint density at radius 3 is 2.00 bits per heavy atom. The van der Waals surface area contributed by atoms with Crippen LogP contribution >= 0.6 is 0 Å². The Morgan fingerprint density at radius 1 is 0.900 bits per heavy atom. The molecule has 1 N–H and O–H groups in total. The molecule has 2 nitrogen and oxygen atoms in total. The van der Waals surface area contributed by atoms with Crippen molar-refractivity contribution >= 4 is 11.4 Å². The second kappa shape index (κ2) is 5.68. The van der Waals surface area contributed by atoms with Crippen molar-refractivity contribution in [1.29, 1.82) is 0 Å². The molecule has 2 heteroatoms. The molecule has 0 bridgehead atoms. The van der Waals surface area contributed by atoms with Crippen LogP contribution in [0.2, 0.25) is 0 Å². The minimum absolute atomic E-state index is 0.517. The average molecular weight is 266 g/mol. The third kappa shape index (κ3) is 2.56. The smallest absolute Gasteiger partial charge is 0.0423 e. The number of nitrogens with zero attached hydrogens (tertiary/aromatic N) is 1. The van der Waals surface area contributed by atoms with Crippen LogP contribution in [0.1, 0.15) is 29.9 Å². The molecule has 0 saturated heterocycles. The first-order valence-electron chi connectivity index (χ1n) is 7.35. The Balaban J connectivity index is 1.91. The standard InChI is InChI=1S/C18H22N2/c1-20(2)13-7-10-14-15-8-3-5-11-17(15)19-18-12-6-4-9-16(14)18/h3-6,8-9,11-12,14,19H,7,10,13H2,1-2H3. The van der Waals surface area contributed by atoms with Gasteiger partial charge in [0.1, 0.15) is 0 Å². The lowest BCUT2D eigenvalue weighted by Gasteiger charge is -2.29. The summed E-state index contributed by atoms with van der Waals surface area (Å²) in [5.74, 6) is 0.517. The van der Waals surface area contributed by atoms with E-state index in [4.69, 9.17) is 0 Å². The van der Waals surface area contributed by atoms with Crippen LogP contribution in [0.3, 0.4) is 0 Å². The van der Waals surface area contributed by atoms with E-state index in [0.29, 0.717) is 5.92 Å². The van der Waals surface area contributed by atoms with Gasteiger partial charge in [-0.2, -0.15) is 0 Å². The molecule has 0 saturated carbocycles. The number of benzene rings is 2. The fourth-order valence-corrected chi connectivity index (χ4v) is 3.06. The summed E-state index contributed by atoms with van der Waals surface area (Å²) in [6.45, 7) is 1.15. The first-order chi connectivity index (χ1) is 9.75. The van der Waals surface area contributed by atoms with Gasteiger partial charge in [-0.1, -0.05) is 36.4 Å². The molecule has 0 amide bonds. The molecule has 2 aromatic carbocycles. The van der Waals surface area contributed by atoms with Crippen molar-refractivity contribution in [3.8, 4) is 0 Å². The van der Waals surface area contributed by atoms with Gasteiger partial charge in [0.05, 0.1) is 0 Å². The zero-order valence-electron chi connectivity index (χ0n) is 12.3. The van der Waals surface area contributed by atoms with Crippen LogP contribution in [-0.4, -0.2) is 25.5 Å². The molecule has 0 fully saturated rings. The van der Waals surface area contributed by atoms with Crippen LogP contribution in [0.15, 0.2) is 48.5 Å². The molecule has 3 rings (SSSR count). The number of hydrogen-bond acceptors (Lipinski definition) is 2. The summed E-state index contributed by atoms with van der Waals surface area (Å²) in [4.78, 5) is 2.26. The van der Waals surface area contributed by atoms with E-state index in [9.17, 15) is 0 Å². The Hall–Kier alpha value is -1.80. The molecular formula is C18H22N2. The number of anilines is 2. The van der Waals surface area contributed by atoms with Gasteiger partial charge in [-0.25, -0.2) is 0 Å². The maximum absolute atomic E-state index is 3.56. The summed E-state index contributed by atoms with van der Waals surface area (Å²) in [5.41, 5.74) is 5.40. The minimum atomic E-state index is 0.517. The van der Waals surface area contributed by atoms with E-state index < -0.39 is 0 Å². The molecular weight excluding hydrogens is 244 g/mol. The molecule has 104 valence electrons. The van der Waals surface area contributed by atoms with Gasteiger partial charge in [0.25, 0.3) is 0 Å². The quantitative estimate of drug-likeness (QED) is 0.891. The molecule has 0 radical (unpaired) electrons. The minimum Gasteiger partial charge on any atom is -0.355 e.